The van der Waals surface area contributed by atoms with Crippen molar-refractivity contribution in [2.45, 2.75) is 36.9 Å². The van der Waals surface area contributed by atoms with Crippen molar-refractivity contribution in [3.8, 4) is 0 Å². The molecule has 3 heterocycles. The van der Waals surface area contributed by atoms with Crippen LogP contribution in [0.25, 0.3) is 0 Å². The van der Waals surface area contributed by atoms with Gasteiger partial charge in [-0.05, 0) is 44.0 Å². The molecule has 0 aliphatic carbocycles. The molecule has 1 N–H and O–H groups in total. The van der Waals surface area contributed by atoms with Crippen molar-refractivity contribution in [1.29, 1.82) is 0 Å². The normalized spacial score (nSPS) is 15.6. The van der Waals surface area contributed by atoms with Gasteiger partial charge in [0.05, 0.1) is 27.2 Å². The van der Waals surface area contributed by atoms with Crippen molar-refractivity contribution in [3.63, 3.8) is 0 Å². The largest absolute Gasteiger partial charge is 0.503 e. The van der Waals surface area contributed by atoms with Gasteiger partial charge in [-0.15, -0.1) is 21.5 Å². The Hall–Kier alpha value is -3.41. The monoisotopic (exact) mass is 552 g/mol. The summed E-state index contributed by atoms with van der Waals surface area (Å²) >= 11 is 3.86. The van der Waals surface area contributed by atoms with Crippen molar-refractivity contribution in [3.05, 3.63) is 97.9 Å². The molecule has 5 rings (SSSR count). The summed E-state index contributed by atoms with van der Waals surface area (Å²) in [4.78, 5) is 32.8. The van der Waals surface area contributed by atoms with Crippen LogP contribution in [0.4, 0.5) is 9.52 Å². The molecule has 1 aliphatic heterocycles. The minimum atomic E-state index is -0.995. The van der Waals surface area contributed by atoms with E-state index in [1.165, 1.54) is 69.2 Å². The number of aliphatic hydroxyl groups excluding tert-OH is 1. The zero-order chi connectivity index (χ0) is 26.3. The quantitative estimate of drug-likeness (QED) is 0.167. The van der Waals surface area contributed by atoms with Crippen LogP contribution in [0.15, 0.2) is 64.2 Å². The molecular formula is C26H21FN4O3S3. The average Bonchev–Trinajstić information content (AvgIpc) is 3.55. The van der Waals surface area contributed by atoms with E-state index in [9.17, 15) is 19.1 Å². The molecule has 1 amide bonds. The van der Waals surface area contributed by atoms with E-state index in [1.807, 2.05) is 31.2 Å². The van der Waals surface area contributed by atoms with Crippen molar-refractivity contribution in [2.24, 2.45) is 0 Å². The van der Waals surface area contributed by atoms with Gasteiger partial charge in [-0.2, -0.15) is 0 Å². The fourth-order valence-corrected chi connectivity index (χ4v) is 6.74. The second-order valence-corrected chi connectivity index (χ2v) is 11.9. The fraction of sp³-hybridized carbons (Fsp3) is 0.192. The van der Waals surface area contributed by atoms with E-state index in [0.29, 0.717) is 31.2 Å². The molecule has 4 aromatic rings. The number of aromatic nitrogens is 3. The highest BCUT2D eigenvalue weighted by atomic mass is 32.2. The SMILES string of the molecule is Cc1ccc(CSc2nnc(N3C(=O)C(O)=C(C(=O)c4sc(C)nc4C)C3c3ccc(F)cc3)s2)cc1. The molecule has 188 valence electrons. The number of benzene rings is 2. The zero-order valence-electron chi connectivity index (χ0n) is 20.1. The summed E-state index contributed by atoms with van der Waals surface area (Å²) in [5, 5.41) is 20.3. The summed E-state index contributed by atoms with van der Waals surface area (Å²) in [6, 6.07) is 12.7. The van der Waals surface area contributed by atoms with E-state index in [4.69, 9.17) is 0 Å². The maximum atomic E-state index is 13.7. The van der Waals surface area contributed by atoms with E-state index in [0.717, 1.165) is 5.56 Å². The third-order valence-electron chi connectivity index (χ3n) is 5.83. The molecule has 11 heteroatoms. The number of hydrogen-bond donors (Lipinski definition) is 1. The Labute approximate surface area is 224 Å². The van der Waals surface area contributed by atoms with Gasteiger partial charge in [0.25, 0.3) is 5.91 Å². The number of nitrogens with zero attached hydrogens (tertiary/aromatic N) is 4. The van der Waals surface area contributed by atoms with E-state index in [-0.39, 0.29) is 10.7 Å². The van der Waals surface area contributed by atoms with Crippen molar-refractivity contribution >= 4 is 51.3 Å². The molecule has 1 unspecified atom stereocenters. The summed E-state index contributed by atoms with van der Waals surface area (Å²) in [6.07, 6.45) is 0. The third kappa shape index (κ3) is 4.94. The number of amides is 1. The van der Waals surface area contributed by atoms with Crippen LogP contribution in [0.1, 0.15) is 43.1 Å². The standard InChI is InChI=1S/C26H21FN4O3S3/c1-13-4-6-16(7-5-13)12-35-26-30-29-25(37-26)31-20(17-8-10-18(27)11-9-17)19(22(33)24(31)34)21(32)23-14(2)28-15(3)36-23/h4-11,20,33H,12H2,1-3H3. The molecule has 1 aliphatic rings. The van der Waals surface area contributed by atoms with Gasteiger partial charge in [-0.1, -0.05) is 65.1 Å². The first-order valence-corrected chi connectivity index (χ1v) is 13.9. The van der Waals surface area contributed by atoms with Crippen LogP contribution in [0.5, 0.6) is 0 Å². The minimum absolute atomic E-state index is 0.0904. The number of thiazole rings is 1. The maximum absolute atomic E-state index is 13.7. The molecule has 0 saturated heterocycles. The smallest absolute Gasteiger partial charge is 0.296 e. The first-order valence-electron chi connectivity index (χ1n) is 11.3. The van der Waals surface area contributed by atoms with Gasteiger partial charge in [0.15, 0.2) is 10.1 Å². The third-order valence-corrected chi connectivity index (χ3v) is 9.03. The van der Waals surface area contributed by atoms with Crippen LogP contribution in [-0.2, 0) is 10.5 Å². The summed E-state index contributed by atoms with van der Waals surface area (Å²) in [6.45, 7) is 5.51. The highest BCUT2D eigenvalue weighted by Crippen LogP contribution is 2.44. The summed E-state index contributed by atoms with van der Waals surface area (Å²) in [5.74, 6) is -1.71. The van der Waals surface area contributed by atoms with Crippen LogP contribution in [0.3, 0.4) is 0 Å². The number of halogens is 1. The Balaban J connectivity index is 1.50. The van der Waals surface area contributed by atoms with Crippen molar-refractivity contribution in [2.75, 3.05) is 4.90 Å². The summed E-state index contributed by atoms with van der Waals surface area (Å²) in [7, 11) is 0. The van der Waals surface area contributed by atoms with Crippen molar-refractivity contribution in [1.82, 2.24) is 15.2 Å². The Morgan fingerprint density at radius 1 is 1.05 bits per heavy atom. The van der Waals surface area contributed by atoms with E-state index in [2.05, 4.69) is 15.2 Å². The highest BCUT2D eigenvalue weighted by molar-refractivity contribution is 8.00. The molecule has 0 fully saturated rings. The lowest BCUT2D eigenvalue weighted by Gasteiger charge is -2.24. The lowest BCUT2D eigenvalue weighted by molar-refractivity contribution is -0.117. The van der Waals surface area contributed by atoms with Gasteiger partial charge in [0.2, 0.25) is 10.9 Å². The van der Waals surface area contributed by atoms with E-state index >= 15 is 0 Å². The second-order valence-electron chi connectivity index (χ2n) is 8.49. The predicted octanol–water partition coefficient (Wildman–Crippen LogP) is 6.13. The molecule has 0 spiro atoms. The first kappa shape index (κ1) is 25.2. The number of carbonyl (C=O) groups is 2. The average molecular weight is 553 g/mol. The van der Waals surface area contributed by atoms with Crippen molar-refractivity contribution < 1.29 is 19.1 Å². The lowest BCUT2D eigenvalue weighted by atomic mass is 9.95. The van der Waals surface area contributed by atoms with Crippen LogP contribution >= 0.6 is 34.4 Å². The topological polar surface area (TPSA) is 96.3 Å². The summed E-state index contributed by atoms with van der Waals surface area (Å²) in [5.41, 5.74) is 3.18. The number of rotatable bonds is 7. The second kappa shape index (κ2) is 10.2. The zero-order valence-corrected chi connectivity index (χ0v) is 22.5. The lowest BCUT2D eigenvalue weighted by Crippen LogP contribution is -2.31. The number of thioether (sulfide) groups is 1. The van der Waals surface area contributed by atoms with E-state index < -0.39 is 29.3 Å². The molecule has 0 saturated carbocycles. The number of aryl methyl sites for hydroxylation is 3. The molecule has 37 heavy (non-hydrogen) atoms. The molecule has 1 atom stereocenters. The molecule has 2 aromatic heterocycles. The van der Waals surface area contributed by atoms with Crippen LogP contribution in [0.2, 0.25) is 0 Å². The minimum Gasteiger partial charge on any atom is -0.503 e. The number of Topliss-reactive ketones (excluding diaryl/α,β-unsaturated/α-hetero) is 1. The highest BCUT2D eigenvalue weighted by Gasteiger charge is 2.46. The van der Waals surface area contributed by atoms with Gasteiger partial charge in [0, 0.05) is 5.75 Å². The Kier molecular flexibility index (Phi) is 6.93. The van der Waals surface area contributed by atoms with Gasteiger partial charge >= 0.3 is 0 Å². The molecular weight excluding hydrogens is 532 g/mol. The number of ketones is 1. The first-order chi connectivity index (χ1) is 17.7. The van der Waals surface area contributed by atoms with Gasteiger partial charge in [0.1, 0.15) is 5.82 Å². The summed E-state index contributed by atoms with van der Waals surface area (Å²) < 4.78 is 14.4. The Bertz CT molecular complexity index is 1530. The van der Waals surface area contributed by atoms with E-state index in [1.54, 1.807) is 13.8 Å². The number of aliphatic hydroxyl groups is 1. The molecule has 7 nitrogen and oxygen atoms in total. The number of carbonyl (C=O) groups excluding carboxylic acids is 2. The van der Waals surface area contributed by atoms with Gasteiger partial charge in [-0.25, -0.2) is 9.37 Å². The number of hydrogen-bond acceptors (Lipinski definition) is 9. The Morgan fingerprint density at radius 2 is 1.76 bits per heavy atom. The number of anilines is 1. The molecule has 2 aromatic carbocycles. The van der Waals surface area contributed by atoms with Crippen LogP contribution in [0, 0.1) is 26.6 Å². The predicted molar refractivity (Wildman–Crippen MR) is 143 cm³/mol. The van der Waals surface area contributed by atoms with Gasteiger partial charge < -0.3 is 5.11 Å². The molecule has 0 bridgehead atoms. The van der Waals surface area contributed by atoms with Crippen LogP contribution < -0.4 is 4.90 Å². The maximum Gasteiger partial charge on any atom is 0.296 e. The molecule has 0 radical (unpaired) electrons. The fourth-order valence-electron chi connectivity index (χ4n) is 4.05. The Morgan fingerprint density at radius 3 is 2.41 bits per heavy atom. The van der Waals surface area contributed by atoms with Crippen LogP contribution in [-0.4, -0.2) is 32.0 Å². The van der Waals surface area contributed by atoms with Gasteiger partial charge in [-0.3, -0.25) is 14.5 Å².